The molecule has 0 aromatic carbocycles. The largest absolute Gasteiger partial charge is 0.481 e. The van der Waals surface area contributed by atoms with Crippen molar-refractivity contribution in [1.82, 2.24) is 0 Å². The van der Waals surface area contributed by atoms with E-state index in [1.165, 1.54) is 13.0 Å². The summed E-state index contributed by atoms with van der Waals surface area (Å²) in [5.41, 5.74) is -1.18. The Morgan fingerprint density at radius 3 is 2.46 bits per heavy atom. The lowest BCUT2D eigenvalue weighted by Crippen LogP contribution is -2.35. The van der Waals surface area contributed by atoms with Crippen molar-refractivity contribution in [2.24, 2.45) is 5.41 Å². The molecule has 0 amide bonds. The lowest BCUT2D eigenvalue weighted by molar-refractivity contribution is -0.149. The molecule has 4 heteroatoms. The third-order valence-electron chi connectivity index (χ3n) is 2.53. The maximum absolute atomic E-state index is 10.9. The zero-order valence-electron chi connectivity index (χ0n) is 7.41. The van der Waals surface area contributed by atoms with Crippen molar-refractivity contribution in [2.45, 2.75) is 26.2 Å². The van der Waals surface area contributed by atoms with Crippen molar-refractivity contribution in [3.63, 3.8) is 0 Å². The van der Waals surface area contributed by atoms with E-state index in [0.717, 1.165) is 6.42 Å². The van der Waals surface area contributed by atoms with E-state index in [1.807, 2.05) is 0 Å². The molecule has 13 heavy (non-hydrogen) atoms. The van der Waals surface area contributed by atoms with Crippen molar-refractivity contribution < 1.29 is 19.8 Å². The van der Waals surface area contributed by atoms with Gasteiger partial charge in [-0.1, -0.05) is 6.08 Å². The Labute approximate surface area is 75.9 Å². The van der Waals surface area contributed by atoms with Crippen molar-refractivity contribution >= 4 is 11.9 Å². The second-order valence-electron chi connectivity index (χ2n) is 3.45. The number of aliphatic carboxylic acids is 2. The second kappa shape index (κ2) is 3.20. The minimum absolute atomic E-state index is 0.0197. The molecular formula is C9H12O4. The summed E-state index contributed by atoms with van der Waals surface area (Å²) in [5.74, 6) is -2.18. The van der Waals surface area contributed by atoms with Gasteiger partial charge in [-0.05, 0) is 26.2 Å². The first-order valence-electron chi connectivity index (χ1n) is 4.16. The highest BCUT2D eigenvalue weighted by atomic mass is 16.4. The lowest BCUT2D eigenvalue weighted by atomic mass is 9.74. The summed E-state index contributed by atoms with van der Waals surface area (Å²) in [6, 6.07) is 0. The molecule has 0 aromatic rings. The fraction of sp³-hybridized carbons (Fsp3) is 0.556. The molecule has 0 fully saturated rings. The fourth-order valence-electron chi connectivity index (χ4n) is 1.61. The number of hydrogen-bond acceptors (Lipinski definition) is 2. The highest BCUT2D eigenvalue weighted by molar-refractivity contribution is 5.96. The van der Waals surface area contributed by atoms with Gasteiger partial charge in [0.25, 0.3) is 0 Å². The topological polar surface area (TPSA) is 74.6 Å². The van der Waals surface area contributed by atoms with Gasteiger partial charge < -0.3 is 10.2 Å². The zero-order valence-corrected chi connectivity index (χ0v) is 7.41. The zero-order chi connectivity index (χ0) is 10.1. The van der Waals surface area contributed by atoms with Crippen LogP contribution in [0.15, 0.2) is 11.6 Å². The molecule has 0 heterocycles. The molecule has 1 atom stereocenters. The van der Waals surface area contributed by atoms with E-state index in [-0.39, 0.29) is 5.57 Å². The van der Waals surface area contributed by atoms with Gasteiger partial charge in [0, 0.05) is 0 Å². The van der Waals surface area contributed by atoms with Crippen LogP contribution >= 0.6 is 0 Å². The summed E-state index contributed by atoms with van der Waals surface area (Å²) in [6.07, 6.45) is 3.31. The first-order chi connectivity index (χ1) is 5.98. The number of allylic oxidation sites excluding steroid dienone is 1. The Morgan fingerprint density at radius 2 is 2.08 bits per heavy atom. The molecule has 1 aliphatic rings. The average Bonchev–Trinajstić information content (AvgIpc) is 2.04. The number of carboxylic acid groups (broad SMARTS) is 2. The molecule has 0 radical (unpaired) electrons. The average molecular weight is 184 g/mol. The minimum atomic E-state index is -1.20. The monoisotopic (exact) mass is 184 g/mol. The van der Waals surface area contributed by atoms with E-state index >= 15 is 0 Å². The van der Waals surface area contributed by atoms with E-state index in [1.54, 1.807) is 0 Å². The molecular weight excluding hydrogens is 172 g/mol. The van der Waals surface area contributed by atoms with Crippen LogP contribution in [0.5, 0.6) is 0 Å². The standard InChI is InChI=1S/C9H12O4/c1-9(8(12)13)5-3-2-4-6(9)7(10)11/h4H,2-3,5H2,1H3,(H,10,11)(H,12,13)/t9-/m0/s1. The van der Waals surface area contributed by atoms with Crippen LogP contribution in [0.1, 0.15) is 26.2 Å². The molecule has 0 aromatic heterocycles. The highest BCUT2D eigenvalue weighted by Crippen LogP contribution is 2.37. The summed E-state index contributed by atoms with van der Waals surface area (Å²) in [5, 5.41) is 17.7. The lowest BCUT2D eigenvalue weighted by Gasteiger charge is -2.28. The van der Waals surface area contributed by atoms with Crippen LogP contribution in [0.3, 0.4) is 0 Å². The Hall–Kier alpha value is -1.32. The van der Waals surface area contributed by atoms with Crippen LogP contribution in [0.4, 0.5) is 0 Å². The number of hydrogen-bond donors (Lipinski definition) is 2. The third kappa shape index (κ3) is 1.56. The Bertz CT molecular complexity index is 279. The van der Waals surface area contributed by atoms with Gasteiger partial charge in [-0.3, -0.25) is 4.79 Å². The summed E-state index contributed by atoms with van der Waals surface area (Å²) >= 11 is 0. The van der Waals surface area contributed by atoms with E-state index in [2.05, 4.69) is 0 Å². The SMILES string of the molecule is C[C@]1(C(=O)O)CCCC=C1C(=O)O. The van der Waals surface area contributed by atoms with Gasteiger partial charge in [0.1, 0.15) is 0 Å². The molecule has 0 saturated heterocycles. The molecule has 1 rings (SSSR count). The minimum Gasteiger partial charge on any atom is -0.481 e. The van der Waals surface area contributed by atoms with Crippen molar-refractivity contribution in [1.29, 1.82) is 0 Å². The summed E-state index contributed by atoms with van der Waals surface area (Å²) in [4.78, 5) is 21.6. The van der Waals surface area contributed by atoms with Crippen LogP contribution in [0, 0.1) is 5.41 Å². The van der Waals surface area contributed by atoms with Crippen LogP contribution in [0.2, 0.25) is 0 Å². The molecule has 2 N–H and O–H groups in total. The number of carboxylic acids is 2. The molecule has 4 nitrogen and oxygen atoms in total. The van der Waals surface area contributed by atoms with Crippen LogP contribution in [-0.2, 0) is 9.59 Å². The van der Waals surface area contributed by atoms with E-state index in [9.17, 15) is 9.59 Å². The summed E-state index contributed by atoms with van der Waals surface area (Å²) in [6.45, 7) is 1.47. The van der Waals surface area contributed by atoms with Gasteiger partial charge in [0.05, 0.1) is 11.0 Å². The summed E-state index contributed by atoms with van der Waals surface area (Å²) < 4.78 is 0. The van der Waals surface area contributed by atoms with Crippen LogP contribution in [0.25, 0.3) is 0 Å². The van der Waals surface area contributed by atoms with Gasteiger partial charge in [0.15, 0.2) is 0 Å². The summed E-state index contributed by atoms with van der Waals surface area (Å²) in [7, 11) is 0. The second-order valence-corrected chi connectivity index (χ2v) is 3.45. The Morgan fingerprint density at radius 1 is 1.46 bits per heavy atom. The van der Waals surface area contributed by atoms with Gasteiger partial charge >= 0.3 is 11.9 Å². The quantitative estimate of drug-likeness (QED) is 0.677. The van der Waals surface area contributed by atoms with Gasteiger partial charge in [-0.25, -0.2) is 4.79 Å². The molecule has 72 valence electrons. The number of rotatable bonds is 2. The van der Waals surface area contributed by atoms with E-state index < -0.39 is 17.4 Å². The highest BCUT2D eigenvalue weighted by Gasteiger charge is 2.41. The van der Waals surface area contributed by atoms with Crippen molar-refractivity contribution in [3.05, 3.63) is 11.6 Å². The molecule has 0 aliphatic heterocycles. The van der Waals surface area contributed by atoms with Crippen molar-refractivity contribution in [2.75, 3.05) is 0 Å². The molecule has 0 unspecified atom stereocenters. The predicted octanol–water partition coefficient (Wildman–Crippen LogP) is 1.27. The number of carbonyl (C=O) groups is 2. The predicted molar refractivity (Wildman–Crippen MR) is 45.3 cm³/mol. The molecule has 1 aliphatic carbocycles. The third-order valence-corrected chi connectivity index (χ3v) is 2.53. The van der Waals surface area contributed by atoms with Crippen LogP contribution in [-0.4, -0.2) is 22.2 Å². The maximum Gasteiger partial charge on any atom is 0.332 e. The van der Waals surface area contributed by atoms with Gasteiger partial charge in [0.2, 0.25) is 0 Å². The Kier molecular flexibility index (Phi) is 2.40. The van der Waals surface area contributed by atoms with Gasteiger partial charge in [-0.2, -0.15) is 0 Å². The molecule has 0 saturated carbocycles. The Balaban J connectivity index is 3.08. The fourth-order valence-corrected chi connectivity index (χ4v) is 1.61. The maximum atomic E-state index is 10.9. The van der Waals surface area contributed by atoms with E-state index in [0.29, 0.717) is 12.8 Å². The first kappa shape index (κ1) is 9.77. The molecule has 0 bridgehead atoms. The van der Waals surface area contributed by atoms with Crippen LogP contribution < -0.4 is 0 Å². The smallest absolute Gasteiger partial charge is 0.332 e. The van der Waals surface area contributed by atoms with Crippen molar-refractivity contribution in [3.8, 4) is 0 Å². The van der Waals surface area contributed by atoms with E-state index in [4.69, 9.17) is 10.2 Å². The van der Waals surface area contributed by atoms with Gasteiger partial charge in [-0.15, -0.1) is 0 Å². The molecule has 0 spiro atoms. The first-order valence-corrected chi connectivity index (χ1v) is 4.16. The normalized spacial score (nSPS) is 27.9.